The van der Waals surface area contributed by atoms with Crippen LogP contribution >= 0.6 is 0 Å². The molecule has 28 heavy (non-hydrogen) atoms. The summed E-state index contributed by atoms with van der Waals surface area (Å²) in [5.41, 5.74) is 3.15. The van der Waals surface area contributed by atoms with Crippen molar-refractivity contribution in [1.82, 2.24) is 10.3 Å². The Bertz CT molecular complexity index is 1030. The van der Waals surface area contributed by atoms with Gasteiger partial charge in [0.15, 0.2) is 0 Å². The summed E-state index contributed by atoms with van der Waals surface area (Å²) in [5.74, 6) is -0.893. The van der Waals surface area contributed by atoms with Gasteiger partial charge in [-0.05, 0) is 30.2 Å². The average Bonchev–Trinajstić information content (AvgIpc) is 3.10. The molecule has 7 nitrogen and oxygen atoms in total. The number of carbonyl (C=O) groups is 2. The van der Waals surface area contributed by atoms with Crippen LogP contribution in [0.5, 0.6) is 5.75 Å². The van der Waals surface area contributed by atoms with Gasteiger partial charge in [0.1, 0.15) is 11.8 Å². The predicted octanol–water partition coefficient (Wildman–Crippen LogP) is 2.73. The summed E-state index contributed by atoms with van der Waals surface area (Å²) >= 11 is 0. The maximum atomic E-state index is 12.3. The number of aromatic nitrogens is 1. The van der Waals surface area contributed by atoms with E-state index in [0.29, 0.717) is 30.0 Å². The lowest BCUT2D eigenvalue weighted by Gasteiger charge is -2.20. The molecule has 7 heteroatoms. The molecule has 1 aromatic heterocycles. The van der Waals surface area contributed by atoms with Crippen molar-refractivity contribution in [2.24, 2.45) is 0 Å². The average molecular weight is 380 g/mol. The largest absolute Gasteiger partial charge is 0.480 e. The van der Waals surface area contributed by atoms with E-state index in [2.05, 4.69) is 10.3 Å². The molecule has 2 unspecified atom stereocenters. The first-order chi connectivity index (χ1) is 13.6. The lowest BCUT2D eigenvalue weighted by Crippen LogP contribution is -2.34. The zero-order chi connectivity index (χ0) is 19.7. The first kappa shape index (κ1) is 18.1. The number of benzene rings is 2. The van der Waals surface area contributed by atoms with Crippen LogP contribution in [0, 0.1) is 0 Å². The van der Waals surface area contributed by atoms with Crippen LogP contribution in [-0.4, -0.2) is 35.7 Å². The number of rotatable bonds is 5. The van der Waals surface area contributed by atoms with Crippen LogP contribution < -0.4 is 10.1 Å². The Kier molecular flexibility index (Phi) is 4.75. The summed E-state index contributed by atoms with van der Waals surface area (Å²) in [4.78, 5) is 27.0. The Morgan fingerprint density at radius 1 is 1.18 bits per heavy atom. The van der Waals surface area contributed by atoms with Crippen LogP contribution in [-0.2, 0) is 20.7 Å². The first-order valence-corrected chi connectivity index (χ1v) is 8.98. The second-order valence-electron chi connectivity index (χ2n) is 6.63. The molecular weight excluding hydrogens is 360 g/mol. The molecular formula is C21H20N2O5. The van der Waals surface area contributed by atoms with Crippen molar-refractivity contribution in [2.75, 3.05) is 13.7 Å². The lowest BCUT2D eigenvalue weighted by molar-refractivity contribution is -0.149. The molecule has 3 aromatic rings. The maximum Gasteiger partial charge on any atom is 0.351 e. The molecule has 144 valence electrons. The number of aromatic amines is 1. The Morgan fingerprint density at radius 3 is 2.68 bits per heavy atom. The molecule has 3 N–H and O–H groups in total. The van der Waals surface area contributed by atoms with Gasteiger partial charge in [-0.15, -0.1) is 0 Å². The number of carboxylic acid groups (broad SMARTS) is 1. The summed E-state index contributed by atoms with van der Waals surface area (Å²) < 4.78 is 10.9. The topological polar surface area (TPSA) is 101 Å². The molecule has 1 aliphatic rings. The number of fused-ring (bicyclic) bond motifs is 3. The molecule has 4 rings (SSSR count). The van der Waals surface area contributed by atoms with Crippen LogP contribution in [0.25, 0.3) is 10.9 Å². The van der Waals surface area contributed by atoms with Crippen molar-refractivity contribution in [3.05, 3.63) is 65.4 Å². The number of carboxylic acids is 1. The Morgan fingerprint density at radius 2 is 1.96 bits per heavy atom. The molecule has 0 radical (unpaired) electrons. The summed E-state index contributed by atoms with van der Waals surface area (Å²) in [5, 5.41) is 13.3. The van der Waals surface area contributed by atoms with Gasteiger partial charge in [-0.1, -0.05) is 30.3 Å². The number of ether oxygens (including phenoxy) is 2. The van der Waals surface area contributed by atoms with Crippen molar-refractivity contribution < 1.29 is 24.2 Å². The van der Waals surface area contributed by atoms with Gasteiger partial charge >= 0.3 is 11.9 Å². The Hall–Kier alpha value is -3.32. The highest BCUT2D eigenvalue weighted by atomic mass is 16.6. The van der Waals surface area contributed by atoms with Gasteiger partial charge in [0.25, 0.3) is 0 Å². The minimum Gasteiger partial charge on any atom is -0.480 e. The molecule has 0 amide bonds. The highest BCUT2D eigenvalue weighted by Crippen LogP contribution is 2.33. The third kappa shape index (κ3) is 3.20. The predicted molar refractivity (Wildman–Crippen MR) is 102 cm³/mol. The monoisotopic (exact) mass is 380 g/mol. The molecule has 0 saturated carbocycles. The van der Waals surface area contributed by atoms with Crippen molar-refractivity contribution in [1.29, 1.82) is 0 Å². The fourth-order valence-electron chi connectivity index (χ4n) is 3.61. The highest BCUT2D eigenvalue weighted by Gasteiger charge is 2.29. The zero-order valence-corrected chi connectivity index (χ0v) is 15.3. The summed E-state index contributed by atoms with van der Waals surface area (Å²) in [6, 6.07) is 13.8. The van der Waals surface area contributed by atoms with Crippen molar-refractivity contribution in [3.8, 4) is 5.75 Å². The molecule has 2 atom stereocenters. The van der Waals surface area contributed by atoms with E-state index in [1.807, 2.05) is 30.3 Å². The number of H-pyrrole nitrogens is 1. The molecule has 0 bridgehead atoms. The van der Waals surface area contributed by atoms with E-state index in [1.165, 1.54) is 7.11 Å². The van der Waals surface area contributed by atoms with Crippen LogP contribution in [0.4, 0.5) is 0 Å². The Labute approximate surface area is 161 Å². The fourth-order valence-corrected chi connectivity index (χ4v) is 3.61. The third-order valence-electron chi connectivity index (χ3n) is 4.94. The zero-order valence-electron chi connectivity index (χ0n) is 15.3. The number of esters is 1. The number of carbonyl (C=O) groups excluding carboxylic acids is 1. The second kappa shape index (κ2) is 7.36. The van der Waals surface area contributed by atoms with E-state index in [0.717, 1.165) is 16.5 Å². The normalized spacial score (nSPS) is 17.0. The van der Waals surface area contributed by atoms with Crippen LogP contribution in [0.15, 0.2) is 48.5 Å². The van der Waals surface area contributed by atoms with Gasteiger partial charge in [0, 0.05) is 28.7 Å². The smallest absolute Gasteiger partial charge is 0.351 e. The number of hydrogen-bond donors (Lipinski definition) is 3. The fraction of sp³-hybridized carbons (Fsp3) is 0.238. The summed E-state index contributed by atoms with van der Waals surface area (Å²) in [6.45, 7) is 0.580. The minimum absolute atomic E-state index is 0.488. The molecule has 2 aromatic carbocycles. The summed E-state index contributed by atoms with van der Waals surface area (Å²) in [6.07, 6.45) is -0.173. The lowest BCUT2D eigenvalue weighted by atomic mass is 9.99. The number of hydrogen-bond acceptors (Lipinski definition) is 5. The van der Waals surface area contributed by atoms with Crippen LogP contribution in [0.3, 0.4) is 0 Å². The van der Waals surface area contributed by atoms with Crippen molar-refractivity contribution in [3.63, 3.8) is 0 Å². The number of methoxy groups -OCH3 is 1. The van der Waals surface area contributed by atoms with E-state index >= 15 is 0 Å². The molecule has 0 fully saturated rings. The van der Waals surface area contributed by atoms with Crippen molar-refractivity contribution >= 4 is 22.8 Å². The quantitative estimate of drug-likeness (QED) is 0.589. The van der Waals surface area contributed by atoms with E-state index in [-0.39, 0.29) is 0 Å². The second-order valence-corrected chi connectivity index (χ2v) is 6.63. The SMILES string of the molecule is COC(=O)C(Oc1ccc2[nH]c3c(c2c1)CCNC3C(=O)O)c1ccccc1. The number of aliphatic carboxylic acids is 1. The van der Waals surface area contributed by atoms with E-state index < -0.39 is 24.1 Å². The van der Waals surface area contributed by atoms with E-state index in [4.69, 9.17) is 9.47 Å². The van der Waals surface area contributed by atoms with E-state index in [9.17, 15) is 14.7 Å². The van der Waals surface area contributed by atoms with Crippen LogP contribution in [0.2, 0.25) is 0 Å². The molecule has 2 heterocycles. The van der Waals surface area contributed by atoms with Crippen molar-refractivity contribution in [2.45, 2.75) is 18.6 Å². The van der Waals surface area contributed by atoms with Gasteiger partial charge in [-0.25, -0.2) is 4.79 Å². The minimum atomic E-state index is -0.918. The van der Waals surface area contributed by atoms with Gasteiger partial charge in [0.05, 0.1) is 7.11 Å². The third-order valence-corrected chi connectivity index (χ3v) is 4.94. The molecule has 0 saturated heterocycles. The highest BCUT2D eigenvalue weighted by molar-refractivity contribution is 5.89. The van der Waals surface area contributed by atoms with Gasteiger partial charge in [-0.3, -0.25) is 10.1 Å². The maximum absolute atomic E-state index is 12.3. The summed E-state index contributed by atoms with van der Waals surface area (Å²) in [7, 11) is 1.33. The van der Waals surface area contributed by atoms with Crippen LogP contribution in [0.1, 0.15) is 29.0 Å². The standard InChI is InChI=1S/C21H20N2O5/c1-27-21(26)19(12-5-3-2-4-6-12)28-13-7-8-16-15(11-13)14-9-10-22-18(20(24)25)17(14)23-16/h2-8,11,18-19,22-23H,9-10H2,1H3,(H,24,25). The first-order valence-electron chi connectivity index (χ1n) is 8.98. The molecule has 0 aliphatic carbocycles. The van der Waals surface area contributed by atoms with Gasteiger partial charge in [0.2, 0.25) is 6.10 Å². The molecule has 0 spiro atoms. The Balaban J connectivity index is 1.71. The van der Waals surface area contributed by atoms with Gasteiger partial charge in [-0.2, -0.15) is 0 Å². The molecule has 1 aliphatic heterocycles. The van der Waals surface area contributed by atoms with E-state index in [1.54, 1.807) is 18.2 Å². The van der Waals surface area contributed by atoms with Gasteiger partial charge < -0.3 is 19.6 Å². The number of nitrogens with one attached hydrogen (secondary N) is 2.